The Hall–Kier alpha value is -2.98. The molecule has 2 aromatic heterocycles. The molecule has 0 fully saturated rings. The maximum atomic E-state index is 5.79. The predicted molar refractivity (Wildman–Crippen MR) is 101 cm³/mol. The normalized spacial score (nSPS) is 23.8. The Kier molecular flexibility index (Phi) is 2.87. The van der Waals surface area contributed by atoms with Gasteiger partial charge in [0.1, 0.15) is 0 Å². The van der Waals surface area contributed by atoms with Crippen molar-refractivity contribution in [2.24, 2.45) is 0 Å². The van der Waals surface area contributed by atoms with Crippen LogP contribution in [0.3, 0.4) is 0 Å². The number of fused-ring (bicyclic) bond motifs is 7. The lowest BCUT2D eigenvalue weighted by Gasteiger charge is -2.42. The summed E-state index contributed by atoms with van der Waals surface area (Å²) in [6.45, 7) is 1.08. The van der Waals surface area contributed by atoms with Crippen LogP contribution in [0.2, 0.25) is 0 Å². The first-order chi connectivity index (χ1) is 12.9. The molecule has 0 amide bonds. The van der Waals surface area contributed by atoms with E-state index in [1.807, 2.05) is 6.07 Å². The Morgan fingerprint density at radius 3 is 2.77 bits per heavy atom. The third-order valence-corrected chi connectivity index (χ3v) is 5.94. The van der Waals surface area contributed by atoms with Crippen LogP contribution in [-0.2, 0) is 6.42 Å². The van der Waals surface area contributed by atoms with Gasteiger partial charge in [-0.05, 0) is 29.8 Å². The van der Waals surface area contributed by atoms with Gasteiger partial charge in [-0.15, -0.1) is 0 Å². The Morgan fingerprint density at radius 2 is 1.85 bits per heavy atom. The lowest BCUT2D eigenvalue weighted by atomic mass is 9.89. The van der Waals surface area contributed by atoms with Crippen molar-refractivity contribution in [2.45, 2.75) is 18.6 Å². The van der Waals surface area contributed by atoms with E-state index in [-0.39, 0.29) is 6.17 Å². The number of anilines is 1. The van der Waals surface area contributed by atoms with Crippen molar-refractivity contribution in [3.05, 3.63) is 89.5 Å². The number of hydrogen-bond donors (Lipinski definition) is 3. The Labute approximate surface area is 151 Å². The molecule has 4 aromatic rings. The number of furan rings is 1. The van der Waals surface area contributed by atoms with Gasteiger partial charge in [0.2, 0.25) is 6.17 Å². The van der Waals surface area contributed by atoms with E-state index in [0.717, 1.165) is 18.7 Å². The zero-order valence-electron chi connectivity index (χ0n) is 14.3. The van der Waals surface area contributed by atoms with Crippen molar-refractivity contribution in [2.75, 3.05) is 11.9 Å². The SMILES string of the molecule is c1coc([C@@H]2Nc3ccccc3[C@H]3c4[nH]c5ccccc5c4CC[NH+]32)c1. The number of benzene rings is 2. The van der Waals surface area contributed by atoms with Crippen molar-refractivity contribution < 1.29 is 9.32 Å². The first kappa shape index (κ1) is 14.2. The van der Waals surface area contributed by atoms with Crippen LogP contribution in [0, 0.1) is 0 Å². The van der Waals surface area contributed by atoms with E-state index in [1.54, 1.807) is 6.26 Å². The van der Waals surface area contributed by atoms with E-state index in [4.69, 9.17) is 4.42 Å². The van der Waals surface area contributed by atoms with E-state index < -0.39 is 0 Å². The summed E-state index contributed by atoms with van der Waals surface area (Å²) in [5.74, 6) is 0.999. The number of quaternary nitrogens is 1. The third kappa shape index (κ3) is 1.88. The molecule has 1 unspecified atom stereocenters. The van der Waals surface area contributed by atoms with Crippen molar-refractivity contribution >= 4 is 16.6 Å². The molecule has 0 saturated carbocycles. The van der Waals surface area contributed by atoms with E-state index in [1.165, 1.54) is 38.3 Å². The molecule has 0 spiro atoms. The highest BCUT2D eigenvalue weighted by Gasteiger charge is 2.45. The maximum absolute atomic E-state index is 5.79. The topological polar surface area (TPSA) is 45.4 Å². The fourth-order valence-electron chi connectivity index (χ4n) is 4.84. The van der Waals surface area contributed by atoms with Crippen LogP contribution in [0.1, 0.15) is 34.8 Å². The summed E-state index contributed by atoms with van der Waals surface area (Å²) in [6.07, 6.45) is 2.97. The van der Waals surface area contributed by atoms with Crippen LogP contribution >= 0.6 is 0 Å². The molecule has 128 valence electrons. The van der Waals surface area contributed by atoms with Crippen molar-refractivity contribution in [1.29, 1.82) is 0 Å². The van der Waals surface area contributed by atoms with E-state index in [9.17, 15) is 0 Å². The Balaban J connectivity index is 1.59. The average molecular weight is 342 g/mol. The summed E-state index contributed by atoms with van der Waals surface area (Å²) < 4.78 is 5.79. The van der Waals surface area contributed by atoms with Crippen LogP contribution in [-0.4, -0.2) is 11.5 Å². The van der Waals surface area contributed by atoms with Gasteiger partial charge in [0.05, 0.1) is 18.5 Å². The summed E-state index contributed by atoms with van der Waals surface area (Å²) in [5, 5.41) is 5.09. The highest BCUT2D eigenvalue weighted by Crippen LogP contribution is 2.38. The second kappa shape index (κ2) is 5.26. The molecule has 2 aromatic carbocycles. The quantitative estimate of drug-likeness (QED) is 0.496. The largest absolute Gasteiger partial charge is 0.461 e. The number of H-pyrrole nitrogens is 1. The van der Waals surface area contributed by atoms with Crippen LogP contribution in [0.5, 0.6) is 0 Å². The monoisotopic (exact) mass is 342 g/mol. The van der Waals surface area contributed by atoms with Crippen LogP contribution in [0.4, 0.5) is 5.69 Å². The van der Waals surface area contributed by atoms with Gasteiger partial charge in [-0.25, -0.2) is 0 Å². The Bertz CT molecular complexity index is 1100. The van der Waals surface area contributed by atoms with E-state index in [2.05, 4.69) is 64.9 Å². The number of hydrogen-bond acceptors (Lipinski definition) is 2. The summed E-state index contributed by atoms with van der Waals surface area (Å²) in [5.41, 5.74) is 6.64. The number of nitrogens with one attached hydrogen (secondary N) is 3. The van der Waals surface area contributed by atoms with Crippen molar-refractivity contribution in [3.8, 4) is 0 Å². The molecule has 26 heavy (non-hydrogen) atoms. The number of rotatable bonds is 1. The van der Waals surface area contributed by atoms with Gasteiger partial charge >= 0.3 is 0 Å². The van der Waals surface area contributed by atoms with Crippen molar-refractivity contribution in [1.82, 2.24) is 4.98 Å². The number of aromatic nitrogens is 1. The highest BCUT2D eigenvalue weighted by molar-refractivity contribution is 5.85. The van der Waals surface area contributed by atoms with Gasteiger partial charge in [0.15, 0.2) is 11.8 Å². The molecule has 3 N–H and O–H groups in total. The van der Waals surface area contributed by atoms with E-state index in [0.29, 0.717) is 6.04 Å². The minimum Gasteiger partial charge on any atom is -0.461 e. The molecule has 0 saturated heterocycles. The molecule has 4 heterocycles. The smallest absolute Gasteiger partial charge is 0.221 e. The standard InChI is InChI=1S/C22H19N3O/c1-3-8-17-14(6-1)15-11-12-25-21(20(15)23-17)16-7-2-4-9-18(16)24-22(25)19-10-5-13-26-19/h1-10,13,21-24H,11-12H2/p+1/t21-,22+/m0/s1. The van der Waals surface area contributed by atoms with Gasteiger partial charge in [-0.1, -0.05) is 36.4 Å². The molecular formula is C22H20N3O+. The molecule has 2 aliphatic rings. The second-order valence-corrected chi connectivity index (χ2v) is 7.25. The van der Waals surface area contributed by atoms with Gasteiger partial charge in [0, 0.05) is 28.6 Å². The summed E-state index contributed by atoms with van der Waals surface area (Å²) in [6, 6.07) is 21.7. The fraction of sp³-hybridized carbons (Fsp3) is 0.182. The Morgan fingerprint density at radius 1 is 0.962 bits per heavy atom. The van der Waals surface area contributed by atoms with Gasteiger partial charge < -0.3 is 14.7 Å². The zero-order chi connectivity index (χ0) is 17.1. The zero-order valence-corrected chi connectivity index (χ0v) is 14.3. The lowest BCUT2D eigenvalue weighted by molar-refractivity contribution is -0.957. The first-order valence-electron chi connectivity index (χ1n) is 9.24. The molecule has 4 heteroatoms. The van der Waals surface area contributed by atoms with Crippen LogP contribution < -0.4 is 10.2 Å². The minimum absolute atomic E-state index is 0.129. The molecule has 6 rings (SSSR count). The number of aromatic amines is 1. The summed E-state index contributed by atoms with van der Waals surface area (Å²) >= 11 is 0. The minimum atomic E-state index is 0.129. The molecule has 4 nitrogen and oxygen atoms in total. The highest BCUT2D eigenvalue weighted by atomic mass is 16.3. The summed E-state index contributed by atoms with van der Waals surface area (Å²) in [4.78, 5) is 5.24. The van der Waals surface area contributed by atoms with Gasteiger partial charge in [0.25, 0.3) is 0 Å². The van der Waals surface area contributed by atoms with Crippen LogP contribution in [0.15, 0.2) is 71.3 Å². The third-order valence-electron chi connectivity index (χ3n) is 5.94. The fourth-order valence-corrected chi connectivity index (χ4v) is 4.84. The molecule has 2 aliphatic heterocycles. The molecule has 0 aliphatic carbocycles. The molecule has 0 radical (unpaired) electrons. The van der Waals surface area contributed by atoms with Gasteiger partial charge in [-0.3, -0.25) is 4.90 Å². The first-order valence-corrected chi connectivity index (χ1v) is 9.24. The molecular weight excluding hydrogens is 322 g/mol. The number of para-hydroxylation sites is 2. The van der Waals surface area contributed by atoms with Gasteiger partial charge in [-0.2, -0.15) is 0 Å². The molecule has 3 atom stereocenters. The second-order valence-electron chi connectivity index (χ2n) is 7.25. The van der Waals surface area contributed by atoms with Crippen LogP contribution in [0.25, 0.3) is 10.9 Å². The maximum Gasteiger partial charge on any atom is 0.221 e. The summed E-state index contributed by atoms with van der Waals surface area (Å²) in [7, 11) is 0. The predicted octanol–water partition coefficient (Wildman–Crippen LogP) is 3.42. The lowest BCUT2D eigenvalue weighted by Crippen LogP contribution is -3.15. The molecule has 0 bridgehead atoms. The average Bonchev–Trinajstić information content (AvgIpc) is 3.34. The van der Waals surface area contributed by atoms with E-state index >= 15 is 0 Å². The van der Waals surface area contributed by atoms with Crippen molar-refractivity contribution in [3.63, 3.8) is 0 Å².